The Bertz CT molecular complexity index is 1280. The lowest BCUT2D eigenvalue weighted by Crippen LogP contribution is -2.14. The van der Waals surface area contributed by atoms with Gasteiger partial charge in [-0.3, -0.25) is 9.59 Å². The zero-order chi connectivity index (χ0) is 18.8. The highest BCUT2D eigenvalue weighted by Crippen LogP contribution is 2.46. The van der Waals surface area contributed by atoms with Crippen LogP contribution in [0.25, 0.3) is 21.8 Å². The maximum Gasteiger partial charge on any atom is 0.148 e. The van der Waals surface area contributed by atoms with Gasteiger partial charge < -0.3 is 9.55 Å². The van der Waals surface area contributed by atoms with Crippen molar-refractivity contribution in [2.75, 3.05) is 0 Å². The molecule has 1 aliphatic heterocycles. The molecule has 1 aliphatic carbocycles. The number of benzene rings is 2. The van der Waals surface area contributed by atoms with Crippen molar-refractivity contribution in [3.8, 4) is 0 Å². The van der Waals surface area contributed by atoms with Crippen LogP contribution in [0.3, 0.4) is 0 Å². The Kier molecular flexibility index (Phi) is 3.22. The second-order valence-electron chi connectivity index (χ2n) is 8.05. The van der Waals surface area contributed by atoms with Gasteiger partial charge in [-0.2, -0.15) is 0 Å². The number of hydrogen-bond donors (Lipinski definition) is 1. The molecule has 0 saturated heterocycles. The normalized spacial score (nSPS) is 21.9. The highest BCUT2D eigenvalue weighted by molar-refractivity contribution is 6.15. The number of para-hydroxylation sites is 2. The van der Waals surface area contributed by atoms with Crippen LogP contribution in [-0.2, 0) is 22.6 Å². The summed E-state index contributed by atoms with van der Waals surface area (Å²) in [6, 6.07) is 14.4. The molecule has 1 fully saturated rings. The maximum absolute atomic E-state index is 13.0. The van der Waals surface area contributed by atoms with Crippen molar-refractivity contribution in [1.82, 2.24) is 9.55 Å². The fourth-order valence-electron chi connectivity index (χ4n) is 5.35. The molecule has 6 rings (SSSR count). The summed E-state index contributed by atoms with van der Waals surface area (Å²) in [6.45, 7) is 0.972. The summed E-state index contributed by atoms with van der Waals surface area (Å²) in [5.74, 6) is -0.730. The molecule has 0 spiro atoms. The van der Waals surface area contributed by atoms with Gasteiger partial charge in [0.15, 0.2) is 0 Å². The molecule has 4 nitrogen and oxygen atoms in total. The first kappa shape index (κ1) is 15.9. The van der Waals surface area contributed by atoms with E-state index in [2.05, 4.69) is 33.9 Å². The fourth-order valence-corrected chi connectivity index (χ4v) is 5.35. The van der Waals surface area contributed by atoms with E-state index in [1.54, 1.807) is 0 Å². The molecule has 4 heteroatoms. The van der Waals surface area contributed by atoms with Gasteiger partial charge in [0, 0.05) is 35.2 Å². The SMILES string of the molecule is O=C1CC(=O)[C@H](c2cn3c4c(cccc24)CCC3)[C@H]1c1c[nH]c2ccccc12. The number of hydrogen-bond acceptors (Lipinski definition) is 2. The van der Waals surface area contributed by atoms with Gasteiger partial charge in [0.25, 0.3) is 0 Å². The van der Waals surface area contributed by atoms with E-state index in [0.29, 0.717) is 0 Å². The van der Waals surface area contributed by atoms with Crippen molar-refractivity contribution in [3.63, 3.8) is 0 Å². The molecule has 2 aromatic carbocycles. The van der Waals surface area contributed by atoms with Crippen LogP contribution in [0.2, 0.25) is 0 Å². The first-order chi connectivity index (χ1) is 13.7. The zero-order valence-corrected chi connectivity index (χ0v) is 15.4. The van der Waals surface area contributed by atoms with Crippen LogP contribution in [0.5, 0.6) is 0 Å². The highest BCUT2D eigenvalue weighted by atomic mass is 16.2. The van der Waals surface area contributed by atoms with Gasteiger partial charge in [0.1, 0.15) is 11.6 Å². The van der Waals surface area contributed by atoms with E-state index in [4.69, 9.17) is 0 Å². The van der Waals surface area contributed by atoms with Gasteiger partial charge in [-0.25, -0.2) is 0 Å². The van der Waals surface area contributed by atoms with Gasteiger partial charge in [-0.1, -0.05) is 36.4 Å². The molecule has 4 aromatic rings. The lowest BCUT2D eigenvalue weighted by atomic mass is 9.83. The number of fused-ring (bicyclic) bond motifs is 1. The molecule has 2 aliphatic rings. The molecule has 138 valence electrons. The van der Waals surface area contributed by atoms with E-state index in [-0.39, 0.29) is 18.0 Å². The third-order valence-corrected chi connectivity index (χ3v) is 6.52. The quantitative estimate of drug-likeness (QED) is 0.531. The number of H-pyrrole nitrogens is 1. The molecule has 28 heavy (non-hydrogen) atoms. The summed E-state index contributed by atoms with van der Waals surface area (Å²) in [5.41, 5.74) is 5.56. The van der Waals surface area contributed by atoms with Crippen LogP contribution >= 0.6 is 0 Å². The Morgan fingerprint density at radius 3 is 2.57 bits per heavy atom. The number of aromatic amines is 1. The minimum absolute atomic E-state index is 0.0290. The molecule has 1 saturated carbocycles. The average Bonchev–Trinajstić information content (AvgIpc) is 3.37. The number of aryl methyl sites for hydroxylation is 2. The van der Waals surface area contributed by atoms with Crippen molar-refractivity contribution in [2.45, 2.75) is 37.6 Å². The minimum Gasteiger partial charge on any atom is -0.361 e. The number of ketones is 2. The van der Waals surface area contributed by atoms with Gasteiger partial charge >= 0.3 is 0 Å². The van der Waals surface area contributed by atoms with Gasteiger partial charge in [0.2, 0.25) is 0 Å². The van der Waals surface area contributed by atoms with Crippen LogP contribution in [-0.4, -0.2) is 21.1 Å². The molecule has 1 N–H and O–H groups in total. The van der Waals surface area contributed by atoms with Crippen LogP contribution in [0, 0.1) is 0 Å². The van der Waals surface area contributed by atoms with E-state index < -0.39 is 11.8 Å². The predicted molar refractivity (Wildman–Crippen MR) is 109 cm³/mol. The van der Waals surface area contributed by atoms with E-state index in [1.165, 1.54) is 11.1 Å². The molecule has 2 atom stereocenters. The topological polar surface area (TPSA) is 54.9 Å². The minimum atomic E-state index is -0.410. The largest absolute Gasteiger partial charge is 0.361 e. The van der Waals surface area contributed by atoms with Crippen molar-refractivity contribution >= 4 is 33.4 Å². The van der Waals surface area contributed by atoms with Gasteiger partial charge in [-0.05, 0) is 35.6 Å². The van der Waals surface area contributed by atoms with Crippen molar-refractivity contribution < 1.29 is 9.59 Å². The number of nitrogens with one attached hydrogen (secondary N) is 1. The molecule has 0 bridgehead atoms. The molecule has 0 radical (unpaired) electrons. The Hall–Kier alpha value is -3.14. The summed E-state index contributed by atoms with van der Waals surface area (Å²) in [7, 11) is 0. The average molecular weight is 368 g/mol. The van der Waals surface area contributed by atoms with Crippen molar-refractivity contribution in [1.29, 1.82) is 0 Å². The highest BCUT2D eigenvalue weighted by Gasteiger charge is 2.45. The van der Waals surface area contributed by atoms with E-state index in [1.807, 2.05) is 30.5 Å². The zero-order valence-electron chi connectivity index (χ0n) is 15.4. The van der Waals surface area contributed by atoms with Gasteiger partial charge in [-0.15, -0.1) is 0 Å². The number of carbonyl (C=O) groups is 2. The summed E-state index contributed by atoms with van der Waals surface area (Å²) in [5, 5.41) is 2.17. The summed E-state index contributed by atoms with van der Waals surface area (Å²) < 4.78 is 2.28. The molecule has 0 amide bonds. The first-order valence-corrected chi connectivity index (χ1v) is 9.94. The standard InChI is InChI=1S/C24H20N2O2/c27-20-11-21(28)23(22(20)17-12-25-19-9-2-1-7-15(17)19)18-13-26-10-4-6-14-5-3-8-16(18)24(14)26/h1-3,5,7-9,12-13,22-23,25H,4,6,10-11H2/t22-,23-/m0/s1. The Morgan fingerprint density at radius 2 is 1.68 bits per heavy atom. The first-order valence-electron chi connectivity index (χ1n) is 9.94. The second kappa shape index (κ2) is 5.68. The summed E-state index contributed by atoms with van der Waals surface area (Å²) in [4.78, 5) is 29.3. The Morgan fingerprint density at radius 1 is 0.893 bits per heavy atom. The van der Waals surface area contributed by atoms with Crippen LogP contribution in [0.1, 0.15) is 41.4 Å². The van der Waals surface area contributed by atoms with Crippen molar-refractivity contribution in [3.05, 3.63) is 71.5 Å². The number of rotatable bonds is 2. The third kappa shape index (κ3) is 2.06. The van der Waals surface area contributed by atoms with Crippen LogP contribution in [0.15, 0.2) is 54.9 Å². The molecule has 3 heterocycles. The van der Waals surface area contributed by atoms with E-state index >= 15 is 0 Å². The summed E-state index contributed by atoms with van der Waals surface area (Å²) >= 11 is 0. The maximum atomic E-state index is 13.0. The number of aromatic nitrogens is 2. The van der Waals surface area contributed by atoms with E-state index in [0.717, 1.165) is 46.8 Å². The van der Waals surface area contributed by atoms with E-state index in [9.17, 15) is 9.59 Å². The summed E-state index contributed by atoms with van der Waals surface area (Å²) in [6.07, 6.45) is 6.27. The Labute approximate surface area is 162 Å². The number of carbonyl (C=O) groups excluding carboxylic acids is 2. The monoisotopic (exact) mass is 368 g/mol. The second-order valence-corrected chi connectivity index (χ2v) is 8.05. The van der Waals surface area contributed by atoms with Crippen molar-refractivity contribution in [2.24, 2.45) is 0 Å². The molecule has 2 aromatic heterocycles. The Balaban J connectivity index is 1.58. The fraction of sp³-hybridized carbons (Fsp3) is 0.250. The van der Waals surface area contributed by atoms with Crippen LogP contribution in [0.4, 0.5) is 0 Å². The lowest BCUT2D eigenvalue weighted by Gasteiger charge is -2.17. The molecular weight excluding hydrogens is 348 g/mol. The number of Topliss-reactive ketones (excluding diaryl/α,β-unsaturated/α-hetero) is 2. The molecular formula is C24H20N2O2. The molecule has 0 unspecified atom stereocenters. The predicted octanol–water partition coefficient (Wildman–Crippen LogP) is 4.48. The van der Waals surface area contributed by atoms with Crippen LogP contribution < -0.4 is 0 Å². The lowest BCUT2D eigenvalue weighted by molar-refractivity contribution is -0.122. The smallest absolute Gasteiger partial charge is 0.148 e. The third-order valence-electron chi connectivity index (χ3n) is 6.52. The van der Waals surface area contributed by atoms with Gasteiger partial charge in [0.05, 0.1) is 23.8 Å². The number of nitrogens with zero attached hydrogens (tertiary/aromatic N) is 1.